The Morgan fingerprint density at radius 1 is 1.22 bits per heavy atom. The van der Waals surface area contributed by atoms with Crippen LogP contribution in [0.3, 0.4) is 0 Å². The first-order valence-corrected chi connectivity index (χ1v) is 14.1. The number of aryl methyl sites for hydroxylation is 2. The maximum absolute atomic E-state index is 12.5. The molecule has 8 nitrogen and oxygen atoms in total. The van der Waals surface area contributed by atoms with Crippen molar-refractivity contribution in [3.05, 3.63) is 16.8 Å². The van der Waals surface area contributed by atoms with Gasteiger partial charge in [0, 0.05) is 18.0 Å². The van der Waals surface area contributed by atoms with Crippen LogP contribution >= 0.6 is 11.3 Å². The highest BCUT2D eigenvalue weighted by Crippen LogP contribution is 2.47. The second-order valence-corrected chi connectivity index (χ2v) is 12.3. The number of fused-ring (bicyclic) bond motifs is 3. The van der Waals surface area contributed by atoms with Crippen molar-refractivity contribution in [2.24, 2.45) is 0 Å². The molecular weight excluding hydrogens is 478 g/mol. The molecule has 0 saturated heterocycles. The molecule has 198 valence electrons. The number of carbonyl (C=O) groups excluding carboxylic acids is 1. The highest BCUT2D eigenvalue weighted by molar-refractivity contribution is 7.18. The van der Waals surface area contributed by atoms with Gasteiger partial charge in [-0.2, -0.15) is 0 Å². The SMILES string of the molecule is CCCC[n+]1cnc(OC2CCC(N(C)C(=O)OC(C)(C)C)CC2)c2c3c(sc21)CCC3CC(=O)O. The number of ether oxygens (including phenoxy) is 2. The van der Waals surface area contributed by atoms with Gasteiger partial charge in [0.2, 0.25) is 0 Å². The van der Waals surface area contributed by atoms with E-state index < -0.39 is 11.6 Å². The molecule has 0 aromatic carbocycles. The number of carboxylic acids is 1. The van der Waals surface area contributed by atoms with Crippen LogP contribution in [0.5, 0.6) is 5.88 Å². The van der Waals surface area contributed by atoms with E-state index in [1.165, 1.54) is 4.88 Å². The molecule has 2 aliphatic carbocycles. The number of thiophene rings is 1. The van der Waals surface area contributed by atoms with Crippen molar-refractivity contribution < 1.29 is 28.7 Å². The molecular formula is C27H40N3O5S+. The monoisotopic (exact) mass is 518 g/mol. The summed E-state index contributed by atoms with van der Waals surface area (Å²) in [4.78, 5) is 32.9. The average Bonchev–Trinajstić information content (AvgIpc) is 3.37. The van der Waals surface area contributed by atoms with Gasteiger partial charge in [0.25, 0.3) is 6.33 Å². The van der Waals surface area contributed by atoms with Gasteiger partial charge >= 0.3 is 17.9 Å². The predicted molar refractivity (Wildman–Crippen MR) is 139 cm³/mol. The van der Waals surface area contributed by atoms with E-state index in [-0.39, 0.29) is 30.6 Å². The molecule has 2 aliphatic rings. The van der Waals surface area contributed by atoms with Crippen molar-refractivity contribution in [2.75, 3.05) is 7.05 Å². The summed E-state index contributed by atoms with van der Waals surface area (Å²) < 4.78 is 14.3. The normalized spacial score (nSPS) is 21.9. The van der Waals surface area contributed by atoms with Crippen LogP contribution in [0.4, 0.5) is 4.79 Å². The molecule has 0 aliphatic heterocycles. The summed E-state index contributed by atoms with van der Waals surface area (Å²) in [5, 5.41) is 10.5. The van der Waals surface area contributed by atoms with Crippen LogP contribution in [0.15, 0.2) is 6.33 Å². The maximum Gasteiger partial charge on any atom is 0.410 e. The number of hydrogen-bond donors (Lipinski definition) is 1. The third-order valence-electron chi connectivity index (χ3n) is 7.25. The summed E-state index contributed by atoms with van der Waals surface area (Å²) in [5.74, 6) is -0.114. The van der Waals surface area contributed by atoms with Crippen molar-refractivity contribution in [1.29, 1.82) is 0 Å². The van der Waals surface area contributed by atoms with Gasteiger partial charge in [-0.3, -0.25) is 4.79 Å². The standard InChI is InChI=1S/C27H39N3O5S/c1-6-7-14-30-16-28-24(23-22-17(15-21(31)32)8-13-20(22)36-25(23)30)34-19-11-9-18(10-12-19)29(5)26(33)35-27(2,3)4/h16-19H,6-15H2,1-5H3/p+1. The maximum atomic E-state index is 12.5. The molecule has 1 atom stereocenters. The second-order valence-electron chi connectivity index (χ2n) is 11.2. The van der Waals surface area contributed by atoms with E-state index in [4.69, 9.17) is 14.5 Å². The fraction of sp³-hybridized carbons (Fsp3) is 0.704. The molecule has 9 heteroatoms. The lowest BCUT2D eigenvalue weighted by atomic mass is 9.92. The van der Waals surface area contributed by atoms with Gasteiger partial charge in [-0.05, 0) is 82.2 Å². The average molecular weight is 519 g/mol. The lowest BCUT2D eigenvalue weighted by Crippen LogP contribution is -2.43. The summed E-state index contributed by atoms with van der Waals surface area (Å²) in [5.41, 5.74) is 0.632. The number of carbonyl (C=O) groups is 2. The molecule has 0 spiro atoms. The van der Waals surface area contributed by atoms with Crippen molar-refractivity contribution in [2.45, 2.75) is 116 Å². The fourth-order valence-electron chi connectivity index (χ4n) is 5.38. The third-order valence-corrected chi connectivity index (χ3v) is 8.55. The van der Waals surface area contributed by atoms with Crippen LogP contribution in [0.2, 0.25) is 0 Å². The van der Waals surface area contributed by atoms with Gasteiger partial charge in [0.1, 0.15) is 17.1 Å². The Labute approximate surface area is 217 Å². The zero-order chi connectivity index (χ0) is 26.0. The molecule has 2 heterocycles. The Bertz CT molecular complexity index is 1100. The lowest BCUT2D eigenvalue weighted by Gasteiger charge is -2.35. The van der Waals surface area contributed by atoms with Gasteiger partial charge in [-0.15, -0.1) is 0 Å². The first-order valence-electron chi connectivity index (χ1n) is 13.2. The van der Waals surface area contributed by atoms with Crippen molar-refractivity contribution in [3.63, 3.8) is 0 Å². The first-order chi connectivity index (χ1) is 17.1. The molecule has 0 bridgehead atoms. The second kappa shape index (κ2) is 10.9. The number of hydrogen-bond acceptors (Lipinski definition) is 6. The Morgan fingerprint density at radius 2 is 1.94 bits per heavy atom. The Morgan fingerprint density at radius 3 is 2.58 bits per heavy atom. The van der Waals surface area contributed by atoms with E-state index in [2.05, 4.69) is 11.5 Å². The smallest absolute Gasteiger partial charge is 0.410 e. The Kier molecular flexibility index (Phi) is 8.07. The van der Waals surface area contributed by atoms with E-state index in [0.29, 0.717) is 5.88 Å². The van der Waals surface area contributed by atoms with Crippen molar-refractivity contribution in [3.8, 4) is 5.88 Å². The minimum absolute atomic E-state index is 0.00985. The number of amides is 1. The van der Waals surface area contributed by atoms with Crippen LogP contribution in [0.25, 0.3) is 10.2 Å². The molecule has 1 unspecified atom stereocenters. The number of aliphatic carboxylic acids is 1. The highest BCUT2D eigenvalue weighted by atomic mass is 32.1. The molecule has 2 aromatic heterocycles. The quantitative estimate of drug-likeness (QED) is 0.468. The van der Waals surface area contributed by atoms with Gasteiger partial charge in [0.05, 0.1) is 13.0 Å². The molecule has 1 N–H and O–H groups in total. The molecule has 36 heavy (non-hydrogen) atoms. The Balaban J connectivity index is 1.52. The number of unbranched alkanes of at least 4 members (excludes halogenated alkanes) is 1. The summed E-state index contributed by atoms with van der Waals surface area (Å²) in [6.45, 7) is 8.71. The Hall–Kier alpha value is -2.42. The van der Waals surface area contributed by atoms with Crippen molar-refractivity contribution in [1.82, 2.24) is 9.88 Å². The topological polar surface area (TPSA) is 92.8 Å². The molecule has 0 radical (unpaired) electrons. The zero-order valence-electron chi connectivity index (χ0n) is 22.2. The molecule has 1 saturated carbocycles. The highest BCUT2D eigenvalue weighted by Gasteiger charge is 2.36. The zero-order valence-corrected chi connectivity index (χ0v) is 23.0. The number of nitrogens with zero attached hydrogens (tertiary/aromatic N) is 3. The van der Waals surface area contributed by atoms with Gasteiger partial charge in [-0.1, -0.05) is 24.7 Å². The van der Waals surface area contributed by atoms with Crippen LogP contribution < -0.4 is 9.30 Å². The van der Waals surface area contributed by atoms with E-state index in [0.717, 1.165) is 73.7 Å². The molecule has 1 amide bonds. The lowest BCUT2D eigenvalue weighted by molar-refractivity contribution is -0.672. The fourth-order valence-corrected chi connectivity index (χ4v) is 6.76. The summed E-state index contributed by atoms with van der Waals surface area (Å²) in [7, 11) is 1.81. The van der Waals surface area contributed by atoms with Gasteiger partial charge in [0.15, 0.2) is 4.83 Å². The van der Waals surface area contributed by atoms with Gasteiger partial charge in [-0.25, -0.2) is 9.36 Å². The van der Waals surface area contributed by atoms with E-state index >= 15 is 0 Å². The van der Waals surface area contributed by atoms with Gasteiger partial charge < -0.3 is 19.5 Å². The third kappa shape index (κ3) is 5.93. The van der Waals surface area contributed by atoms with E-state index in [1.807, 2.05) is 34.1 Å². The van der Waals surface area contributed by atoms with E-state index in [1.54, 1.807) is 16.2 Å². The number of aromatic nitrogens is 2. The van der Waals surface area contributed by atoms with Crippen molar-refractivity contribution >= 4 is 33.6 Å². The summed E-state index contributed by atoms with van der Waals surface area (Å²) in [6.07, 6.45) is 9.06. The summed E-state index contributed by atoms with van der Waals surface area (Å²) in [6, 6.07) is 0.130. The molecule has 2 aromatic rings. The van der Waals surface area contributed by atoms with Crippen LogP contribution in [-0.2, 0) is 22.5 Å². The van der Waals surface area contributed by atoms with E-state index in [9.17, 15) is 14.7 Å². The predicted octanol–water partition coefficient (Wildman–Crippen LogP) is 5.45. The van der Waals surface area contributed by atoms with Crippen LogP contribution in [-0.4, -0.2) is 51.8 Å². The van der Waals surface area contributed by atoms with Crippen LogP contribution in [0, 0.1) is 0 Å². The minimum atomic E-state index is -0.759. The van der Waals surface area contributed by atoms with Crippen LogP contribution in [0.1, 0.15) is 95.4 Å². The largest absolute Gasteiger partial charge is 0.481 e. The first kappa shape index (κ1) is 26.6. The number of rotatable bonds is 8. The minimum Gasteiger partial charge on any atom is -0.481 e. The molecule has 1 fully saturated rings. The number of carboxylic acid groups (broad SMARTS) is 1. The summed E-state index contributed by atoms with van der Waals surface area (Å²) >= 11 is 1.77. The molecule has 4 rings (SSSR count).